The summed E-state index contributed by atoms with van der Waals surface area (Å²) in [7, 11) is 0. The monoisotopic (exact) mass is 273 g/mol. The van der Waals surface area contributed by atoms with E-state index in [1.165, 1.54) is 0 Å². The number of anilines is 1. The van der Waals surface area contributed by atoms with Crippen LogP contribution in [0.4, 0.5) is 10.2 Å². The Morgan fingerprint density at radius 3 is 2.70 bits per heavy atom. The first-order valence-electron chi connectivity index (χ1n) is 6.36. The van der Waals surface area contributed by atoms with Gasteiger partial charge in [0.1, 0.15) is 11.6 Å². The fraction of sp³-hybridized carbons (Fsp3) is 0.200. The van der Waals surface area contributed by atoms with Gasteiger partial charge in [0.25, 0.3) is 5.91 Å². The van der Waals surface area contributed by atoms with Gasteiger partial charge in [0.15, 0.2) is 0 Å². The van der Waals surface area contributed by atoms with Crippen LogP contribution < -0.4 is 5.73 Å². The smallest absolute Gasteiger partial charge is 0.257 e. The minimum atomic E-state index is -0.571. The molecule has 0 saturated carbocycles. The molecule has 1 aromatic carbocycles. The number of rotatable bonds is 4. The van der Waals surface area contributed by atoms with Crippen LogP contribution in [0.1, 0.15) is 22.8 Å². The molecule has 1 amide bonds. The van der Waals surface area contributed by atoms with Gasteiger partial charge in [-0.05, 0) is 18.6 Å². The summed E-state index contributed by atoms with van der Waals surface area (Å²) in [5.41, 5.74) is 6.76. The van der Waals surface area contributed by atoms with Gasteiger partial charge in [0, 0.05) is 13.1 Å². The second kappa shape index (κ2) is 6.14. The molecule has 4 nitrogen and oxygen atoms in total. The number of halogens is 1. The second-order valence-electron chi connectivity index (χ2n) is 4.39. The second-order valence-corrected chi connectivity index (χ2v) is 4.39. The molecule has 20 heavy (non-hydrogen) atoms. The van der Waals surface area contributed by atoms with E-state index < -0.39 is 5.82 Å². The average Bonchev–Trinajstić information content (AvgIpc) is 2.47. The lowest BCUT2D eigenvalue weighted by molar-refractivity contribution is 0.0753. The van der Waals surface area contributed by atoms with E-state index in [0.717, 1.165) is 17.8 Å². The van der Waals surface area contributed by atoms with Gasteiger partial charge in [-0.1, -0.05) is 30.3 Å². The van der Waals surface area contributed by atoms with E-state index >= 15 is 0 Å². The number of carbonyl (C=O) groups is 1. The highest BCUT2D eigenvalue weighted by Crippen LogP contribution is 2.15. The molecule has 0 atom stereocenters. The molecule has 2 rings (SSSR count). The van der Waals surface area contributed by atoms with Gasteiger partial charge in [0.05, 0.1) is 11.8 Å². The van der Waals surface area contributed by atoms with Gasteiger partial charge >= 0.3 is 0 Å². The first-order chi connectivity index (χ1) is 9.61. The van der Waals surface area contributed by atoms with Crippen molar-refractivity contribution < 1.29 is 9.18 Å². The first kappa shape index (κ1) is 14.0. The van der Waals surface area contributed by atoms with Crippen molar-refractivity contribution >= 4 is 11.7 Å². The average molecular weight is 273 g/mol. The molecule has 2 N–H and O–H groups in total. The maximum absolute atomic E-state index is 13.2. The molecule has 0 aliphatic carbocycles. The topological polar surface area (TPSA) is 59.2 Å². The number of nitrogens with two attached hydrogens (primary N) is 1. The summed E-state index contributed by atoms with van der Waals surface area (Å²) in [6, 6.07) is 10.7. The van der Waals surface area contributed by atoms with Crippen LogP contribution in [0.25, 0.3) is 0 Å². The summed E-state index contributed by atoms with van der Waals surface area (Å²) in [5, 5.41) is 0. The Morgan fingerprint density at radius 2 is 2.05 bits per heavy atom. The molecular formula is C15H16FN3O. The Hall–Kier alpha value is -2.43. The van der Waals surface area contributed by atoms with Crippen LogP contribution in [0.5, 0.6) is 0 Å². The summed E-state index contributed by atoms with van der Waals surface area (Å²) in [4.78, 5) is 17.7. The van der Waals surface area contributed by atoms with Crippen molar-refractivity contribution in [2.24, 2.45) is 0 Å². The van der Waals surface area contributed by atoms with Crippen molar-refractivity contribution in [1.29, 1.82) is 0 Å². The van der Waals surface area contributed by atoms with Crippen molar-refractivity contribution in [2.75, 3.05) is 12.3 Å². The summed E-state index contributed by atoms with van der Waals surface area (Å²) in [6.07, 6.45) is 1.000. The fourth-order valence-electron chi connectivity index (χ4n) is 1.92. The highest BCUT2D eigenvalue weighted by atomic mass is 19.1. The number of pyridine rings is 1. The molecule has 0 spiro atoms. The van der Waals surface area contributed by atoms with E-state index in [4.69, 9.17) is 5.73 Å². The number of hydrogen-bond donors (Lipinski definition) is 1. The van der Waals surface area contributed by atoms with Crippen LogP contribution in [0.2, 0.25) is 0 Å². The maximum Gasteiger partial charge on any atom is 0.257 e. The molecule has 0 bridgehead atoms. The lowest BCUT2D eigenvalue weighted by atomic mass is 10.1. The molecule has 0 unspecified atom stereocenters. The zero-order chi connectivity index (χ0) is 14.5. The van der Waals surface area contributed by atoms with Gasteiger partial charge in [-0.2, -0.15) is 0 Å². The quantitative estimate of drug-likeness (QED) is 0.931. The number of benzene rings is 1. The summed E-state index contributed by atoms with van der Waals surface area (Å²) < 4.78 is 13.2. The lowest BCUT2D eigenvalue weighted by Gasteiger charge is -2.21. The molecule has 5 heteroatoms. The molecular weight excluding hydrogens is 257 g/mol. The van der Waals surface area contributed by atoms with Gasteiger partial charge in [0.2, 0.25) is 0 Å². The van der Waals surface area contributed by atoms with Crippen molar-refractivity contribution in [3.05, 3.63) is 59.5 Å². The normalized spacial score (nSPS) is 10.3. The predicted molar refractivity (Wildman–Crippen MR) is 75.5 cm³/mol. The van der Waals surface area contributed by atoms with Crippen LogP contribution in [0, 0.1) is 5.82 Å². The van der Waals surface area contributed by atoms with Crippen LogP contribution >= 0.6 is 0 Å². The van der Waals surface area contributed by atoms with E-state index in [1.807, 2.05) is 37.3 Å². The number of hydrogen-bond acceptors (Lipinski definition) is 3. The number of aromatic nitrogens is 1. The lowest BCUT2D eigenvalue weighted by Crippen LogP contribution is -2.31. The minimum absolute atomic E-state index is 0.0444. The van der Waals surface area contributed by atoms with Crippen LogP contribution in [-0.4, -0.2) is 22.3 Å². The molecule has 0 aliphatic heterocycles. The Morgan fingerprint density at radius 1 is 1.35 bits per heavy atom. The van der Waals surface area contributed by atoms with E-state index in [-0.39, 0.29) is 17.3 Å². The molecule has 2 aromatic rings. The first-order valence-corrected chi connectivity index (χ1v) is 6.36. The van der Waals surface area contributed by atoms with E-state index in [9.17, 15) is 9.18 Å². The minimum Gasteiger partial charge on any atom is -0.383 e. The van der Waals surface area contributed by atoms with E-state index in [2.05, 4.69) is 4.98 Å². The molecule has 1 aromatic heterocycles. The Labute approximate surface area is 117 Å². The number of amides is 1. The largest absolute Gasteiger partial charge is 0.383 e. The SMILES string of the molecule is CCN(Cc1ccccc1)C(=O)c1cc(F)cnc1N. The molecule has 0 saturated heterocycles. The van der Waals surface area contributed by atoms with Crippen LogP contribution in [0.15, 0.2) is 42.6 Å². The zero-order valence-electron chi connectivity index (χ0n) is 11.2. The molecule has 0 aliphatic rings. The van der Waals surface area contributed by atoms with Crippen molar-refractivity contribution in [1.82, 2.24) is 9.88 Å². The third-order valence-electron chi connectivity index (χ3n) is 3.00. The predicted octanol–water partition coefficient (Wildman–Crippen LogP) is 2.47. The molecule has 1 heterocycles. The van der Waals surface area contributed by atoms with E-state index in [0.29, 0.717) is 13.1 Å². The van der Waals surface area contributed by atoms with Crippen molar-refractivity contribution in [3.63, 3.8) is 0 Å². The Bertz CT molecular complexity index is 601. The summed E-state index contributed by atoms with van der Waals surface area (Å²) >= 11 is 0. The fourth-order valence-corrected chi connectivity index (χ4v) is 1.92. The highest BCUT2D eigenvalue weighted by Gasteiger charge is 2.18. The number of carbonyl (C=O) groups excluding carboxylic acids is 1. The number of nitrogen functional groups attached to an aromatic ring is 1. The van der Waals surface area contributed by atoms with Crippen molar-refractivity contribution in [3.8, 4) is 0 Å². The molecule has 0 radical (unpaired) electrons. The third-order valence-corrected chi connectivity index (χ3v) is 3.00. The number of nitrogens with zero attached hydrogens (tertiary/aromatic N) is 2. The van der Waals surface area contributed by atoms with Crippen molar-refractivity contribution in [2.45, 2.75) is 13.5 Å². The molecule has 104 valence electrons. The van der Waals surface area contributed by atoms with Gasteiger partial charge < -0.3 is 10.6 Å². The summed E-state index contributed by atoms with van der Waals surface area (Å²) in [5.74, 6) is -0.845. The standard InChI is InChI=1S/C15H16FN3O/c1-2-19(10-11-6-4-3-5-7-11)15(20)13-8-12(16)9-18-14(13)17/h3-9H,2,10H2,1H3,(H2,17,18). The molecule has 0 fully saturated rings. The Balaban J connectivity index is 2.23. The highest BCUT2D eigenvalue weighted by molar-refractivity contribution is 5.98. The van der Waals surface area contributed by atoms with Gasteiger partial charge in [-0.3, -0.25) is 4.79 Å². The maximum atomic E-state index is 13.2. The van der Waals surface area contributed by atoms with Gasteiger partial charge in [-0.15, -0.1) is 0 Å². The third kappa shape index (κ3) is 3.12. The zero-order valence-corrected chi connectivity index (χ0v) is 11.2. The Kier molecular flexibility index (Phi) is 4.30. The van der Waals surface area contributed by atoms with Crippen LogP contribution in [-0.2, 0) is 6.54 Å². The van der Waals surface area contributed by atoms with Crippen LogP contribution in [0.3, 0.4) is 0 Å². The van der Waals surface area contributed by atoms with Gasteiger partial charge in [-0.25, -0.2) is 9.37 Å². The summed E-state index contributed by atoms with van der Waals surface area (Å²) in [6.45, 7) is 2.82. The van der Waals surface area contributed by atoms with E-state index in [1.54, 1.807) is 4.90 Å².